The van der Waals surface area contributed by atoms with Gasteiger partial charge in [-0.05, 0) is 30.0 Å². The lowest BCUT2D eigenvalue weighted by molar-refractivity contribution is 0.900. The minimum Gasteiger partial charge on any atom is -0.146 e. The van der Waals surface area contributed by atoms with Crippen molar-refractivity contribution in [2.24, 2.45) is 0 Å². The molecule has 0 saturated heterocycles. The van der Waals surface area contributed by atoms with Crippen molar-refractivity contribution >= 4 is 29.6 Å². The van der Waals surface area contributed by atoms with Crippen LogP contribution in [0.15, 0.2) is 24.3 Å². The Labute approximate surface area is 90.9 Å². The van der Waals surface area contributed by atoms with Gasteiger partial charge in [0.1, 0.15) is 0 Å². The smallest absolute Gasteiger partial charge is 0.146 e. The summed E-state index contributed by atoms with van der Waals surface area (Å²) in [7, 11) is -1.18. The molecule has 0 aliphatic rings. The minimum absolute atomic E-state index is 0.412. The van der Waals surface area contributed by atoms with Crippen molar-refractivity contribution in [3.05, 3.63) is 35.4 Å². The third-order valence-electron chi connectivity index (χ3n) is 2.16. The molecule has 0 N–H and O–H groups in total. The normalized spacial score (nSPS) is 13.3. The van der Waals surface area contributed by atoms with E-state index in [0.717, 1.165) is 6.42 Å². The highest BCUT2D eigenvalue weighted by molar-refractivity contribution is 7.34. The second kappa shape index (κ2) is 5.04. The summed E-state index contributed by atoms with van der Waals surface area (Å²) in [5.74, 6) is 0. The molecular weight excluding hydrogens is 219 g/mol. The molecule has 0 nitrogen and oxygen atoms in total. The van der Waals surface area contributed by atoms with Gasteiger partial charge in [-0.3, -0.25) is 0 Å². The molecule has 0 aromatic heterocycles. The Morgan fingerprint density at radius 1 is 1.31 bits per heavy atom. The number of aryl methyl sites for hydroxylation is 1. The molecule has 1 radical (unpaired) electrons. The largest absolute Gasteiger partial charge is 0.277 e. The molecule has 1 rings (SSSR count). The number of benzene rings is 1. The lowest BCUT2D eigenvalue weighted by Gasteiger charge is -2.11. The molecule has 0 heterocycles. The molecule has 0 bridgehead atoms. The highest BCUT2D eigenvalue weighted by atomic mass is 35.7. The first-order valence-electron chi connectivity index (χ1n) is 4.33. The minimum atomic E-state index is -1.18. The standard InChI is InChI=1S/C10H13Cl2Si/c1-8-5-3-4-6-10(8)7-9(2)13(11)12/h3-6,9H,7H2,1-2H3. The lowest BCUT2D eigenvalue weighted by Crippen LogP contribution is -2.07. The van der Waals surface area contributed by atoms with Gasteiger partial charge in [-0.1, -0.05) is 31.2 Å². The van der Waals surface area contributed by atoms with Crippen molar-refractivity contribution in [1.82, 2.24) is 0 Å². The Morgan fingerprint density at radius 3 is 2.46 bits per heavy atom. The summed E-state index contributed by atoms with van der Waals surface area (Å²) in [4.78, 5) is 0. The van der Waals surface area contributed by atoms with Gasteiger partial charge in [-0.25, -0.2) is 0 Å². The van der Waals surface area contributed by atoms with E-state index in [1.807, 2.05) is 0 Å². The van der Waals surface area contributed by atoms with Crippen LogP contribution in [0.3, 0.4) is 0 Å². The monoisotopic (exact) mass is 231 g/mol. The first kappa shape index (κ1) is 11.1. The fraction of sp³-hybridized carbons (Fsp3) is 0.400. The highest BCUT2D eigenvalue weighted by Gasteiger charge is 2.15. The first-order chi connectivity index (χ1) is 6.11. The average Bonchev–Trinajstić information content (AvgIpc) is 2.08. The number of hydrogen-bond donors (Lipinski definition) is 0. The summed E-state index contributed by atoms with van der Waals surface area (Å²) < 4.78 is 0. The molecular formula is C10H13Cl2Si. The number of hydrogen-bond acceptors (Lipinski definition) is 0. The molecule has 0 saturated carbocycles. The molecule has 1 aromatic carbocycles. The highest BCUT2D eigenvalue weighted by Crippen LogP contribution is 2.22. The first-order valence-corrected chi connectivity index (χ1v) is 7.93. The van der Waals surface area contributed by atoms with E-state index in [2.05, 4.69) is 38.1 Å². The van der Waals surface area contributed by atoms with Crippen LogP contribution in [0.1, 0.15) is 18.1 Å². The summed E-state index contributed by atoms with van der Waals surface area (Å²) in [6.45, 7) is 4.23. The van der Waals surface area contributed by atoms with Crippen LogP contribution in [0.25, 0.3) is 0 Å². The molecule has 3 heteroatoms. The fourth-order valence-corrected chi connectivity index (χ4v) is 2.08. The third kappa shape index (κ3) is 3.33. The van der Waals surface area contributed by atoms with E-state index in [4.69, 9.17) is 22.2 Å². The van der Waals surface area contributed by atoms with Gasteiger partial charge < -0.3 is 0 Å². The fourth-order valence-electron chi connectivity index (χ4n) is 1.25. The van der Waals surface area contributed by atoms with E-state index >= 15 is 0 Å². The van der Waals surface area contributed by atoms with Gasteiger partial charge in [0.2, 0.25) is 0 Å². The van der Waals surface area contributed by atoms with Crippen molar-refractivity contribution in [2.45, 2.75) is 25.8 Å². The lowest BCUT2D eigenvalue weighted by atomic mass is 10.0. The van der Waals surface area contributed by atoms with E-state index in [1.54, 1.807) is 0 Å². The molecule has 71 valence electrons. The molecule has 0 aliphatic heterocycles. The predicted molar refractivity (Wildman–Crippen MR) is 61.8 cm³/mol. The van der Waals surface area contributed by atoms with Gasteiger partial charge in [0.15, 0.2) is 0 Å². The maximum Gasteiger partial charge on any atom is 0.277 e. The Kier molecular flexibility index (Phi) is 4.30. The molecule has 0 aliphatic carbocycles. The Hall–Kier alpha value is 0.0169. The van der Waals surface area contributed by atoms with Gasteiger partial charge in [-0.15, -0.1) is 22.2 Å². The second-order valence-electron chi connectivity index (χ2n) is 3.32. The average molecular weight is 232 g/mol. The van der Waals surface area contributed by atoms with Gasteiger partial charge in [0.25, 0.3) is 7.42 Å². The quantitative estimate of drug-likeness (QED) is 0.547. The third-order valence-corrected chi connectivity index (χ3v) is 5.34. The predicted octanol–water partition coefficient (Wildman–Crippen LogP) is 3.89. The van der Waals surface area contributed by atoms with Crippen molar-refractivity contribution in [1.29, 1.82) is 0 Å². The van der Waals surface area contributed by atoms with E-state index in [0.29, 0.717) is 5.54 Å². The zero-order valence-corrected chi connectivity index (χ0v) is 10.4. The zero-order valence-electron chi connectivity index (χ0n) is 7.85. The topological polar surface area (TPSA) is 0 Å². The molecule has 1 atom stereocenters. The van der Waals surface area contributed by atoms with Gasteiger partial charge in [0.05, 0.1) is 0 Å². The molecule has 0 spiro atoms. The second-order valence-corrected chi connectivity index (χ2v) is 7.91. The van der Waals surface area contributed by atoms with Crippen LogP contribution < -0.4 is 0 Å². The molecule has 1 aromatic rings. The Morgan fingerprint density at radius 2 is 1.92 bits per heavy atom. The van der Waals surface area contributed by atoms with Crippen molar-refractivity contribution in [2.75, 3.05) is 0 Å². The van der Waals surface area contributed by atoms with E-state index in [1.165, 1.54) is 11.1 Å². The molecule has 1 unspecified atom stereocenters. The summed E-state index contributed by atoms with van der Waals surface area (Å²) in [5.41, 5.74) is 3.10. The molecule has 0 amide bonds. The van der Waals surface area contributed by atoms with Crippen LogP contribution in [0.2, 0.25) is 5.54 Å². The van der Waals surface area contributed by atoms with Crippen molar-refractivity contribution in [3.8, 4) is 0 Å². The SMILES string of the molecule is Cc1ccccc1CC(C)[Si](Cl)Cl. The van der Waals surface area contributed by atoms with Gasteiger partial charge in [-0.2, -0.15) is 0 Å². The van der Waals surface area contributed by atoms with Crippen LogP contribution in [0, 0.1) is 6.92 Å². The Balaban J connectivity index is 2.69. The van der Waals surface area contributed by atoms with Crippen molar-refractivity contribution in [3.63, 3.8) is 0 Å². The van der Waals surface area contributed by atoms with E-state index in [-0.39, 0.29) is 0 Å². The molecule has 0 fully saturated rings. The van der Waals surface area contributed by atoms with E-state index < -0.39 is 7.42 Å². The maximum absolute atomic E-state index is 5.90. The summed E-state index contributed by atoms with van der Waals surface area (Å²) >= 11 is 11.8. The maximum atomic E-state index is 5.90. The van der Waals surface area contributed by atoms with Crippen LogP contribution >= 0.6 is 22.2 Å². The van der Waals surface area contributed by atoms with Gasteiger partial charge in [0, 0.05) is 0 Å². The summed E-state index contributed by atoms with van der Waals surface area (Å²) in [5, 5.41) is 0. The number of rotatable bonds is 3. The molecule has 13 heavy (non-hydrogen) atoms. The zero-order chi connectivity index (χ0) is 9.84. The van der Waals surface area contributed by atoms with Crippen LogP contribution in [-0.2, 0) is 6.42 Å². The van der Waals surface area contributed by atoms with Crippen LogP contribution in [0.5, 0.6) is 0 Å². The van der Waals surface area contributed by atoms with Crippen LogP contribution in [0.4, 0.5) is 0 Å². The summed E-state index contributed by atoms with van der Waals surface area (Å²) in [6, 6.07) is 8.38. The van der Waals surface area contributed by atoms with E-state index in [9.17, 15) is 0 Å². The van der Waals surface area contributed by atoms with Crippen molar-refractivity contribution < 1.29 is 0 Å². The summed E-state index contributed by atoms with van der Waals surface area (Å²) in [6.07, 6.45) is 0.994. The van der Waals surface area contributed by atoms with Gasteiger partial charge >= 0.3 is 0 Å². The number of halogens is 2. The van der Waals surface area contributed by atoms with Crippen LogP contribution in [-0.4, -0.2) is 7.42 Å². The Bertz CT molecular complexity index is 273.